The van der Waals surface area contributed by atoms with Gasteiger partial charge in [-0.3, -0.25) is 4.68 Å². The van der Waals surface area contributed by atoms with Crippen LogP contribution in [-0.4, -0.2) is 14.8 Å². The average Bonchev–Trinajstić information content (AvgIpc) is 2.68. The molecule has 102 valence electrons. The molecule has 0 radical (unpaired) electrons. The molecule has 0 spiro atoms. The van der Waals surface area contributed by atoms with Gasteiger partial charge in [-0.1, -0.05) is 6.07 Å². The Morgan fingerprint density at radius 2 is 2.05 bits per heavy atom. The fourth-order valence-corrected chi connectivity index (χ4v) is 1.73. The Morgan fingerprint density at radius 3 is 2.68 bits per heavy atom. The largest absolute Gasteiger partial charge is 0.435 e. The third-order valence-corrected chi connectivity index (χ3v) is 2.52. The molecule has 0 saturated heterocycles. The maximum Gasteiger partial charge on any atom is 0.435 e. The van der Waals surface area contributed by atoms with Crippen molar-refractivity contribution in [2.75, 3.05) is 5.32 Å². The zero-order valence-corrected chi connectivity index (χ0v) is 10.5. The number of anilines is 1. The second-order valence-corrected chi connectivity index (χ2v) is 4.19. The molecule has 2 heterocycles. The van der Waals surface area contributed by atoms with Gasteiger partial charge in [0.2, 0.25) is 0 Å². The number of hydrogen-bond acceptors (Lipinski definition) is 3. The normalized spacial score (nSPS) is 11.6. The highest BCUT2D eigenvalue weighted by Crippen LogP contribution is 2.30. The van der Waals surface area contributed by atoms with Crippen LogP contribution in [0.3, 0.4) is 0 Å². The van der Waals surface area contributed by atoms with Crippen molar-refractivity contribution >= 4 is 5.82 Å². The highest BCUT2D eigenvalue weighted by molar-refractivity contribution is 5.37. The lowest BCUT2D eigenvalue weighted by atomic mass is 10.2. The minimum Gasteiger partial charge on any atom is -0.366 e. The smallest absolute Gasteiger partial charge is 0.366 e. The molecule has 0 aliphatic heterocycles. The average molecular weight is 270 g/mol. The van der Waals surface area contributed by atoms with Crippen molar-refractivity contribution in [1.29, 1.82) is 0 Å². The first-order valence-corrected chi connectivity index (χ1v) is 5.63. The summed E-state index contributed by atoms with van der Waals surface area (Å²) in [5, 5.41) is 6.31. The molecule has 2 aromatic rings. The third-order valence-electron chi connectivity index (χ3n) is 2.52. The Morgan fingerprint density at radius 1 is 1.32 bits per heavy atom. The number of hydrogen-bond donors (Lipinski definition) is 1. The number of halogens is 3. The minimum absolute atomic E-state index is 0.0269. The van der Waals surface area contributed by atoms with Crippen LogP contribution < -0.4 is 5.32 Å². The second kappa shape index (κ2) is 4.91. The summed E-state index contributed by atoms with van der Waals surface area (Å²) in [6.07, 6.45) is -3.09. The van der Waals surface area contributed by atoms with Crippen molar-refractivity contribution < 1.29 is 13.2 Å². The van der Waals surface area contributed by atoms with Gasteiger partial charge < -0.3 is 5.32 Å². The summed E-state index contributed by atoms with van der Waals surface area (Å²) in [4.78, 5) is 4.17. The van der Waals surface area contributed by atoms with E-state index in [0.29, 0.717) is 5.82 Å². The molecule has 19 heavy (non-hydrogen) atoms. The SMILES string of the molecule is Cc1cccc(NCc2cn(C)nc2C(F)(F)F)n1. The first-order chi connectivity index (χ1) is 8.86. The van der Waals surface area contributed by atoms with Gasteiger partial charge in [0.15, 0.2) is 5.69 Å². The molecule has 2 aromatic heterocycles. The van der Waals surface area contributed by atoms with E-state index in [9.17, 15) is 13.2 Å². The van der Waals surface area contributed by atoms with Gasteiger partial charge in [0.05, 0.1) is 0 Å². The molecule has 0 saturated carbocycles. The van der Waals surface area contributed by atoms with Crippen molar-refractivity contribution in [3.8, 4) is 0 Å². The number of aryl methyl sites for hydroxylation is 2. The van der Waals surface area contributed by atoms with Gasteiger partial charge in [-0.15, -0.1) is 0 Å². The van der Waals surface area contributed by atoms with E-state index in [-0.39, 0.29) is 12.1 Å². The standard InChI is InChI=1S/C12H13F3N4/c1-8-4-3-5-10(17-8)16-6-9-7-19(2)18-11(9)12(13,14)15/h3-5,7H,6H2,1-2H3,(H,16,17). The van der Waals surface area contributed by atoms with Gasteiger partial charge >= 0.3 is 6.18 Å². The molecule has 2 rings (SSSR count). The molecule has 0 aliphatic carbocycles. The Hall–Kier alpha value is -2.05. The lowest BCUT2D eigenvalue weighted by molar-refractivity contribution is -0.142. The predicted molar refractivity (Wildman–Crippen MR) is 64.5 cm³/mol. The summed E-state index contributed by atoms with van der Waals surface area (Å²) in [6, 6.07) is 5.31. The maximum atomic E-state index is 12.7. The first-order valence-electron chi connectivity index (χ1n) is 5.63. The van der Waals surface area contributed by atoms with E-state index < -0.39 is 11.9 Å². The monoisotopic (exact) mass is 270 g/mol. The van der Waals surface area contributed by atoms with Gasteiger partial charge in [0.1, 0.15) is 5.82 Å². The highest BCUT2D eigenvalue weighted by atomic mass is 19.4. The fourth-order valence-electron chi connectivity index (χ4n) is 1.73. The molecule has 0 unspecified atom stereocenters. The van der Waals surface area contributed by atoms with Gasteiger partial charge in [-0.2, -0.15) is 18.3 Å². The Balaban J connectivity index is 2.16. The summed E-state index contributed by atoms with van der Waals surface area (Å²) in [5.41, 5.74) is 0.0284. The number of rotatable bonds is 3. The van der Waals surface area contributed by atoms with Gasteiger partial charge in [-0.25, -0.2) is 4.98 Å². The lowest BCUT2D eigenvalue weighted by Gasteiger charge is -2.08. The Kier molecular flexibility index (Phi) is 3.46. The second-order valence-electron chi connectivity index (χ2n) is 4.19. The van der Waals surface area contributed by atoms with E-state index in [2.05, 4.69) is 15.4 Å². The van der Waals surface area contributed by atoms with Crippen LogP contribution in [0.4, 0.5) is 19.0 Å². The number of nitrogens with one attached hydrogen (secondary N) is 1. The molecule has 0 amide bonds. The fraction of sp³-hybridized carbons (Fsp3) is 0.333. The number of nitrogens with zero attached hydrogens (tertiary/aromatic N) is 3. The van der Waals surface area contributed by atoms with Crippen LogP contribution in [0.1, 0.15) is 17.0 Å². The van der Waals surface area contributed by atoms with Crippen LogP contribution in [0, 0.1) is 6.92 Å². The minimum atomic E-state index is -4.45. The maximum absolute atomic E-state index is 12.7. The molecule has 0 aliphatic rings. The zero-order valence-electron chi connectivity index (χ0n) is 10.5. The van der Waals surface area contributed by atoms with E-state index in [0.717, 1.165) is 10.4 Å². The van der Waals surface area contributed by atoms with Gasteiger partial charge in [0.25, 0.3) is 0 Å². The topological polar surface area (TPSA) is 42.7 Å². The Bertz CT molecular complexity index is 575. The summed E-state index contributed by atoms with van der Waals surface area (Å²) >= 11 is 0. The van der Waals surface area contributed by atoms with Crippen LogP contribution >= 0.6 is 0 Å². The van der Waals surface area contributed by atoms with Crippen LogP contribution in [0.15, 0.2) is 24.4 Å². The molecule has 0 aromatic carbocycles. The number of pyridine rings is 1. The van der Waals surface area contributed by atoms with Crippen LogP contribution in [0.2, 0.25) is 0 Å². The molecule has 7 heteroatoms. The van der Waals surface area contributed by atoms with Crippen molar-refractivity contribution in [2.24, 2.45) is 7.05 Å². The quantitative estimate of drug-likeness (QED) is 0.932. The molecule has 1 N–H and O–H groups in total. The third kappa shape index (κ3) is 3.24. The van der Waals surface area contributed by atoms with Crippen molar-refractivity contribution in [3.05, 3.63) is 41.3 Å². The summed E-state index contributed by atoms with van der Waals surface area (Å²) < 4.78 is 39.4. The van der Waals surface area contributed by atoms with Crippen LogP contribution in [0.5, 0.6) is 0 Å². The predicted octanol–water partition coefficient (Wildman–Crippen LogP) is 2.75. The van der Waals surface area contributed by atoms with Crippen LogP contribution in [0.25, 0.3) is 0 Å². The number of aromatic nitrogens is 3. The Labute approximate surface area is 108 Å². The first kappa shape index (κ1) is 13.4. The molecule has 0 fully saturated rings. The highest BCUT2D eigenvalue weighted by Gasteiger charge is 2.36. The van der Waals surface area contributed by atoms with Crippen molar-refractivity contribution in [2.45, 2.75) is 19.6 Å². The molecular formula is C12H13F3N4. The van der Waals surface area contributed by atoms with Crippen molar-refractivity contribution in [3.63, 3.8) is 0 Å². The molecule has 0 atom stereocenters. The van der Waals surface area contributed by atoms with Gasteiger partial charge in [0, 0.05) is 31.0 Å². The van der Waals surface area contributed by atoms with E-state index in [1.54, 1.807) is 12.1 Å². The molecule has 0 bridgehead atoms. The summed E-state index contributed by atoms with van der Waals surface area (Å²) in [5.74, 6) is 0.539. The van der Waals surface area contributed by atoms with Gasteiger partial charge in [-0.05, 0) is 19.1 Å². The summed E-state index contributed by atoms with van der Waals surface area (Å²) in [6.45, 7) is 1.84. The van der Waals surface area contributed by atoms with E-state index in [4.69, 9.17) is 0 Å². The summed E-state index contributed by atoms with van der Waals surface area (Å²) in [7, 11) is 1.46. The van der Waals surface area contributed by atoms with E-state index in [1.807, 2.05) is 13.0 Å². The number of alkyl halides is 3. The van der Waals surface area contributed by atoms with Crippen LogP contribution in [-0.2, 0) is 19.8 Å². The van der Waals surface area contributed by atoms with E-state index in [1.165, 1.54) is 13.2 Å². The molecular weight excluding hydrogens is 257 g/mol. The zero-order chi connectivity index (χ0) is 14.0. The van der Waals surface area contributed by atoms with E-state index >= 15 is 0 Å². The lowest BCUT2D eigenvalue weighted by Crippen LogP contribution is -2.11. The van der Waals surface area contributed by atoms with Crippen molar-refractivity contribution in [1.82, 2.24) is 14.8 Å². The molecule has 4 nitrogen and oxygen atoms in total.